The van der Waals surface area contributed by atoms with E-state index >= 15 is 0 Å². The lowest BCUT2D eigenvalue weighted by molar-refractivity contribution is 0.0668. The number of hydrogen-bond acceptors (Lipinski definition) is 3. The summed E-state index contributed by atoms with van der Waals surface area (Å²) < 4.78 is 24.4. The van der Waals surface area contributed by atoms with Gasteiger partial charge in [0.15, 0.2) is 0 Å². The Hall–Kier alpha value is -1.34. The van der Waals surface area contributed by atoms with Gasteiger partial charge in [0.1, 0.15) is 10.6 Å². The van der Waals surface area contributed by atoms with Crippen LogP contribution in [0.4, 0.5) is 0 Å². The number of amides is 1. The van der Waals surface area contributed by atoms with Crippen LogP contribution in [0.3, 0.4) is 0 Å². The Bertz CT molecular complexity index is 621. The summed E-state index contributed by atoms with van der Waals surface area (Å²) in [5, 5.41) is 5.13. The number of nitrogens with two attached hydrogens (primary N) is 1. The maximum Gasteiger partial charge on any atom is 0.270 e. The maximum atomic E-state index is 12.8. The van der Waals surface area contributed by atoms with Crippen molar-refractivity contribution in [2.45, 2.75) is 50.0 Å². The average molecular weight is 313 g/mol. The van der Waals surface area contributed by atoms with E-state index in [1.165, 1.54) is 12.3 Å². The molecule has 0 saturated carbocycles. The molecule has 0 bridgehead atoms. The maximum absolute atomic E-state index is 12.8. The number of hydrogen-bond donors (Lipinski definition) is 1. The van der Waals surface area contributed by atoms with Crippen LogP contribution in [0, 0.1) is 0 Å². The molecule has 1 aliphatic heterocycles. The first kappa shape index (κ1) is 16.0. The molecule has 1 atom stereocenters. The van der Waals surface area contributed by atoms with Crippen molar-refractivity contribution in [3.05, 3.63) is 18.0 Å². The SMILES string of the molecule is CCC1CCCCCN1C(=O)c1cc(S(N)(=O)=O)cn1C. The van der Waals surface area contributed by atoms with E-state index < -0.39 is 10.0 Å². The fourth-order valence-corrected chi connectivity index (χ4v) is 3.50. The molecule has 0 radical (unpaired) electrons. The van der Waals surface area contributed by atoms with E-state index in [-0.39, 0.29) is 16.8 Å². The van der Waals surface area contributed by atoms with Crippen LogP contribution in [0.15, 0.2) is 17.2 Å². The molecular formula is C14H23N3O3S. The summed E-state index contributed by atoms with van der Waals surface area (Å²) in [6, 6.07) is 1.60. The molecule has 1 aliphatic rings. The Kier molecular flexibility index (Phi) is 4.73. The highest BCUT2D eigenvalue weighted by atomic mass is 32.2. The zero-order valence-corrected chi connectivity index (χ0v) is 13.4. The third kappa shape index (κ3) is 3.47. The second-order valence-electron chi connectivity index (χ2n) is 5.63. The molecule has 0 aromatic carbocycles. The number of aryl methyl sites for hydroxylation is 1. The van der Waals surface area contributed by atoms with Crippen LogP contribution in [0.5, 0.6) is 0 Å². The summed E-state index contributed by atoms with van der Waals surface area (Å²) >= 11 is 0. The molecule has 118 valence electrons. The monoisotopic (exact) mass is 313 g/mol. The largest absolute Gasteiger partial charge is 0.345 e. The molecular weight excluding hydrogens is 290 g/mol. The molecule has 1 amide bonds. The van der Waals surface area contributed by atoms with Crippen molar-refractivity contribution in [3.63, 3.8) is 0 Å². The molecule has 7 heteroatoms. The van der Waals surface area contributed by atoms with E-state index in [1.54, 1.807) is 11.6 Å². The number of nitrogens with zero attached hydrogens (tertiary/aromatic N) is 2. The number of primary sulfonamides is 1. The first-order valence-electron chi connectivity index (χ1n) is 7.34. The zero-order chi connectivity index (χ0) is 15.6. The minimum absolute atomic E-state index is 0.0174. The quantitative estimate of drug-likeness (QED) is 0.917. The van der Waals surface area contributed by atoms with Gasteiger partial charge in [-0.15, -0.1) is 0 Å². The van der Waals surface area contributed by atoms with Crippen LogP contribution in [0.1, 0.15) is 49.5 Å². The fraction of sp³-hybridized carbons (Fsp3) is 0.643. The van der Waals surface area contributed by atoms with Gasteiger partial charge in [-0.05, 0) is 25.3 Å². The fourth-order valence-electron chi connectivity index (χ4n) is 2.92. The highest BCUT2D eigenvalue weighted by Gasteiger charge is 2.27. The first-order chi connectivity index (χ1) is 9.84. The smallest absolute Gasteiger partial charge is 0.270 e. The van der Waals surface area contributed by atoms with Crippen molar-refractivity contribution in [1.29, 1.82) is 0 Å². The van der Waals surface area contributed by atoms with Gasteiger partial charge in [-0.1, -0.05) is 19.8 Å². The van der Waals surface area contributed by atoms with Crippen molar-refractivity contribution in [1.82, 2.24) is 9.47 Å². The summed E-state index contributed by atoms with van der Waals surface area (Å²) in [5.41, 5.74) is 0.374. The number of rotatable bonds is 3. The van der Waals surface area contributed by atoms with Gasteiger partial charge in [0, 0.05) is 25.8 Å². The first-order valence-corrected chi connectivity index (χ1v) is 8.89. The Labute approximate surface area is 126 Å². The van der Waals surface area contributed by atoms with E-state index in [0.29, 0.717) is 5.69 Å². The molecule has 1 aromatic heterocycles. The molecule has 6 nitrogen and oxygen atoms in total. The molecule has 0 aliphatic carbocycles. The molecule has 21 heavy (non-hydrogen) atoms. The summed E-state index contributed by atoms with van der Waals surface area (Å²) in [6.07, 6.45) is 6.58. The lowest BCUT2D eigenvalue weighted by Crippen LogP contribution is -2.40. The van der Waals surface area contributed by atoms with Crippen LogP contribution < -0.4 is 5.14 Å². The van der Waals surface area contributed by atoms with Gasteiger partial charge in [0.05, 0.1) is 0 Å². The second kappa shape index (κ2) is 6.19. The lowest BCUT2D eigenvalue weighted by atomic mass is 10.1. The van der Waals surface area contributed by atoms with Gasteiger partial charge in [-0.3, -0.25) is 4.79 Å². The Balaban J connectivity index is 2.32. The molecule has 1 saturated heterocycles. The number of likely N-dealkylation sites (tertiary alicyclic amines) is 1. The molecule has 2 rings (SSSR count). The predicted molar refractivity (Wildman–Crippen MR) is 80.4 cm³/mol. The number of carbonyl (C=O) groups is 1. The van der Waals surface area contributed by atoms with Crippen molar-refractivity contribution < 1.29 is 13.2 Å². The highest BCUT2D eigenvalue weighted by molar-refractivity contribution is 7.89. The van der Waals surface area contributed by atoms with E-state index in [9.17, 15) is 13.2 Å². The van der Waals surface area contributed by atoms with Crippen molar-refractivity contribution in [2.24, 2.45) is 12.2 Å². The van der Waals surface area contributed by atoms with E-state index in [1.807, 2.05) is 4.90 Å². The summed E-state index contributed by atoms with van der Waals surface area (Å²) in [7, 11) is -2.12. The zero-order valence-electron chi connectivity index (χ0n) is 12.6. The van der Waals surface area contributed by atoms with Gasteiger partial charge in [0.25, 0.3) is 5.91 Å². The third-order valence-electron chi connectivity index (χ3n) is 4.14. The third-order valence-corrected chi connectivity index (χ3v) is 5.02. The van der Waals surface area contributed by atoms with Crippen LogP contribution in [0.2, 0.25) is 0 Å². The molecule has 1 aromatic rings. The van der Waals surface area contributed by atoms with Crippen LogP contribution in [-0.4, -0.2) is 36.4 Å². The lowest BCUT2D eigenvalue weighted by Gasteiger charge is -2.29. The summed E-state index contributed by atoms with van der Waals surface area (Å²) in [4.78, 5) is 14.6. The predicted octanol–water partition coefficient (Wildman–Crippen LogP) is 1.47. The van der Waals surface area contributed by atoms with Crippen LogP contribution >= 0.6 is 0 Å². The average Bonchev–Trinajstić information content (AvgIpc) is 2.67. The number of carbonyl (C=O) groups excluding carboxylic acids is 1. The number of aromatic nitrogens is 1. The molecule has 2 N–H and O–H groups in total. The summed E-state index contributed by atoms with van der Waals surface area (Å²) in [6.45, 7) is 2.81. The normalized spacial score (nSPS) is 20.3. The molecule has 1 fully saturated rings. The minimum atomic E-state index is -3.79. The van der Waals surface area contributed by atoms with Crippen LogP contribution in [-0.2, 0) is 17.1 Å². The topological polar surface area (TPSA) is 85.4 Å². The molecule has 1 unspecified atom stereocenters. The standard InChI is InChI=1S/C14H23N3O3S/c1-3-11-7-5-4-6-8-17(11)14(18)13-9-12(10-16(13)2)21(15,19)20/h9-11H,3-8H2,1-2H3,(H2,15,19,20). The molecule has 0 spiro atoms. The highest BCUT2D eigenvalue weighted by Crippen LogP contribution is 2.22. The number of sulfonamides is 1. The van der Waals surface area contributed by atoms with Crippen molar-refractivity contribution in [3.8, 4) is 0 Å². The van der Waals surface area contributed by atoms with E-state index in [0.717, 1.165) is 38.6 Å². The Morgan fingerprint density at radius 3 is 2.67 bits per heavy atom. The molecule has 2 heterocycles. The second-order valence-corrected chi connectivity index (χ2v) is 7.19. The van der Waals surface area contributed by atoms with Crippen LogP contribution in [0.25, 0.3) is 0 Å². The van der Waals surface area contributed by atoms with Gasteiger partial charge in [-0.25, -0.2) is 13.6 Å². The van der Waals surface area contributed by atoms with Crippen molar-refractivity contribution in [2.75, 3.05) is 6.54 Å². The van der Waals surface area contributed by atoms with E-state index in [4.69, 9.17) is 5.14 Å². The minimum Gasteiger partial charge on any atom is -0.345 e. The Morgan fingerprint density at radius 2 is 2.10 bits per heavy atom. The van der Waals surface area contributed by atoms with Gasteiger partial charge in [-0.2, -0.15) is 0 Å². The van der Waals surface area contributed by atoms with Gasteiger partial charge in [0.2, 0.25) is 10.0 Å². The van der Waals surface area contributed by atoms with Gasteiger partial charge >= 0.3 is 0 Å². The summed E-state index contributed by atoms with van der Waals surface area (Å²) in [5.74, 6) is -0.110. The van der Waals surface area contributed by atoms with Gasteiger partial charge < -0.3 is 9.47 Å². The van der Waals surface area contributed by atoms with Crippen molar-refractivity contribution >= 4 is 15.9 Å². The Morgan fingerprint density at radius 1 is 1.38 bits per heavy atom. The van der Waals surface area contributed by atoms with E-state index in [2.05, 4.69) is 6.92 Å².